The fourth-order valence-corrected chi connectivity index (χ4v) is 3.94. The number of fused-ring (bicyclic) bond motifs is 1. The Hall–Kier alpha value is -2.74. The zero-order chi connectivity index (χ0) is 18.8. The Morgan fingerprint density at radius 1 is 1.27 bits per heavy atom. The van der Waals surface area contributed by atoms with Gasteiger partial charge in [0.1, 0.15) is 22.5 Å². The van der Waals surface area contributed by atoms with Gasteiger partial charge in [0, 0.05) is 11.1 Å². The van der Waals surface area contributed by atoms with Crippen LogP contribution in [0.2, 0.25) is 0 Å². The molecule has 2 amide bonds. The van der Waals surface area contributed by atoms with Crippen LogP contribution in [0.25, 0.3) is 10.2 Å². The number of rotatable bonds is 5. The predicted molar refractivity (Wildman–Crippen MR) is 99.1 cm³/mol. The highest BCUT2D eigenvalue weighted by atomic mass is 32.1. The Balaban J connectivity index is 1.71. The lowest BCUT2D eigenvalue weighted by molar-refractivity contribution is -0.122. The summed E-state index contributed by atoms with van der Waals surface area (Å²) in [5.41, 5.74) is 1.69. The third kappa shape index (κ3) is 3.60. The van der Waals surface area contributed by atoms with Crippen LogP contribution in [0.1, 0.15) is 39.4 Å². The molecule has 0 saturated carbocycles. The molecule has 0 aromatic carbocycles. The Kier molecular flexibility index (Phi) is 5.03. The molecule has 0 bridgehead atoms. The van der Waals surface area contributed by atoms with E-state index >= 15 is 0 Å². The van der Waals surface area contributed by atoms with Gasteiger partial charge >= 0.3 is 0 Å². The van der Waals surface area contributed by atoms with E-state index < -0.39 is 6.04 Å². The number of thiophene rings is 1. The van der Waals surface area contributed by atoms with Crippen molar-refractivity contribution in [2.24, 2.45) is 0 Å². The second-order valence-electron chi connectivity index (χ2n) is 6.08. The van der Waals surface area contributed by atoms with Crippen LogP contribution in [0, 0.1) is 20.8 Å². The van der Waals surface area contributed by atoms with Gasteiger partial charge in [-0.3, -0.25) is 9.59 Å². The van der Waals surface area contributed by atoms with Crippen molar-refractivity contribution in [1.82, 2.24) is 20.6 Å². The van der Waals surface area contributed by atoms with E-state index in [1.165, 1.54) is 11.3 Å². The lowest BCUT2D eigenvalue weighted by atomic mass is 10.1. The number of aromatic nitrogens is 2. The number of nitrogens with zero attached hydrogens (tertiary/aromatic N) is 2. The summed E-state index contributed by atoms with van der Waals surface area (Å²) in [5.74, 6) is 0.763. The van der Waals surface area contributed by atoms with E-state index in [0.717, 1.165) is 21.5 Å². The summed E-state index contributed by atoms with van der Waals surface area (Å²) in [6.45, 7) is 7.53. The van der Waals surface area contributed by atoms with Crippen molar-refractivity contribution < 1.29 is 14.0 Å². The number of aryl methyl sites for hydroxylation is 3. The van der Waals surface area contributed by atoms with Crippen molar-refractivity contribution in [1.29, 1.82) is 0 Å². The van der Waals surface area contributed by atoms with Gasteiger partial charge in [-0.15, -0.1) is 11.3 Å². The summed E-state index contributed by atoms with van der Waals surface area (Å²) in [7, 11) is 0. The van der Waals surface area contributed by atoms with Crippen molar-refractivity contribution >= 4 is 33.4 Å². The minimum absolute atomic E-state index is 0.277. The van der Waals surface area contributed by atoms with E-state index in [4.69, 9.17) is 4.42 Å². The molecule has 3 rings (SSSR count). The van der Waals surface area contributed by atoms with Crippen LogP contribution in [-0.2, 0) is 11.3 Å². The van der Waals surface area contributed by atoms with Crippen LogP contribution in [0.15, 0.2) is 22.8 Å². The maximum Gasteiger partial charge on any atom is 0.262 e. The zero-order valence-electron chi connectivity index (χ0n) is 15.0. The highest BCUT2D eigenvalue weighted by Crippen LogP contribution is 2.31. The van der Waals surface area contributed by atoms with Gasteiger partial charge in [0.15, 0.2) is 0 Å². The Labute approximate surface area is 154 Å². The Bertz CT molecular complexity index is 963. The molecule has 0 aliphatic carbocycles. The topological polar surface area (TPSA) is 97.1 Å². The summed E-state index contributed by atoms with van der Waals surface area (Å²) in [6, 6.07) is 2.86. The smallest absolute Gasteiger partial charge is 0.262 e. The normalized spacial score (nSPS) is 12.2. The average molecular weight is 372 g/mol. The molecule has 8 heteroatoms. The van der Waals surface area contributed by atoms with E-state index in [1.807, 2.05) is 20.8 Å². The van der Waals surface area contributed by atoms with Crippen molar-refractivity contribution in [3.05, 3.63) is 46.1 Å². The Morgan fingerprint density at radius 3 is 2.73 bits per heavy atom. The molecule has 1 atom stereocenters. The second kappa shape index (κ2) is 7.25. The van der Waals surface area contributed by atoms with E-state index in [2.05, 4.69) is 20.6 Å². The molecule has 0 aliphatic rings. The number of amides is 2. The maximum absolute atomic E-state index is 12.6. The molecule has 3 aromatic heterocycles. The molecule has 136 valence electrons. The molecule has 26 heavy (non-hydrogen) atoms. The number of nitrogens with one attached hydrogen (secondary N) is 2. The highest BCUT2D eigenvalue weighted by Gasteiger charge is 2.22. The molecular weight excluding hydrogens is 352 g/mol. The molecule has 3 aromatic rings. The van der Waals surface area contributed by atoms with E-state index in [1.54, 1.807) is 25.3 Å². The lowest BCUT2D eigenvalue weighted by Gasteiger charge is -2.13. The minimum Gasteiger partial charge on any atom is -0.467 e. The number of hydrogen-bond donors (Lipinski definition) is 2. The van der Waals surface area contributed by atoms with E-state index in [0.29, 0.717) is 16.5 Å². The van der Waals surface area contributed by atoms with Gasteiger partial charge in [-0.25, -0.2) is 9.97 Å². The average Bonchev–Trinajstić information content (AvgIpc) is 3.20. The van der Waals surface area contributed by atoms with Crippen LogP contribution in [0.4, 0.5) is 0 Å². The van der Waals surface area contributed by atoms with Gasteiger partial charge in [-0.2, -0.15) is 0 Å². The van der Waals surface area contributed by atoms with Gasteiger partial charge in [-0.1, -0.05) is 0 Å². The first kappa shape index (κ1) is 18.1. The summed E-state index contributed by atoms with van der Waals surface area (Å²) in [5, 5.41) is 6.38. The van der Waals surface area contributed by atoms with E-state index in [-0.39, 0.29) is 18.4 Å². The fraction of sp³-hybridized carbons (Fsp3) is 0.333. The second-order valence-corrected chi connectivity index (χ2v) is 7.08. The molecular formula is C18H20N4O3S. The maximum atomic E-state index is 12.6. The van der Waals surface area contributed by atoms with Crippen LogP contribution in [-0.4, -0.2) is 27.8 Å². The monoisotopic (exact) mass is 372 g/mol. The van der Waals surface area contributed by atoms with Gasteiger partial charge in [0.05, 0.1) is 17.7 Å². The third-order valence-corrected chi connectivity index (χ3v) is 5.23. The van der Waals surface area contributed by atoms with Crippen LogP contribution in [0.3, 0.4) is 0 Å². The highest BCUT2D eigenvalue weighted by molar-refractivity contribution is 7.20. The van der Waals surface area contributed by atoms with Gasteiger partial charge in [0.2, 0.25) is 5.91 Å². The molecule has 0 radical (unpaired) electrons. The largest absolute Gasteiger partial charge is 0.467 e. The first-order valence-corrected chi connectivity index (χ1v) is 9.03. The van der Waals surface area contributed by atoms with Crippen LogP contribution >= 0.6 is 11.3 Å². The first-order chi connectivity index (χ1) is 12.4. The van der Waals surface area contributed by atoms with Crippen molar-refractivity contribution in [3.63, 3.8) is 0 Å². The molecule has 2 N–H and O–H groups in total. The standard InChI is InChI=1S/C18H20N4O3S/c1-9-14-10(2)20-12(4)22-18(14)26-15(9)17(24)21-11(3)16(23)19-8-13-6-5-7-25-13/h5-7,11H,8H2,1-4H3,(H,19,23)(H,21,24). The van der Waals surface area contributed by atoms with Crippen LogP contribution in [0.5, 0.6) is 0 Å². The molecule has 3 heterocycles. The molecule has 0 spiro atoms. The molecule has 1 unspecified atom stereocenters. The number of furan rings is 1. The molecule has 0 aliphatic heterocycles. The van der Waals surface area contributed by atoms with Gasteiger partial charge < -0.3 is 15.1 Å². The van der Waals surface area contributed by atoms with Crippen molar-refractivity contribution in [3.8, 4) is 0 Å². The molecule has 7 nitrogen and oxygen atoms in total. The van der Waals surface area contributed by atoms with Crippen molar-refractivity contribution in [2.45, 2.75) is 40.3 Å². The zero-order valence-corrected chi connectivity index (χ0v) is 15.9. The number of hydrogen-bond acceptors (Lipinski definition) is 6. The van der Waals surface area contributed by atoms with Gasteiger partial charge in [-0.05, 0) is 45.4 Å². The first-order valence-electron chi connectivity index (χ1n) is 8.22. The van der Waals surface area contributed by atoms with Crippen molar-refractivity contribution in [2.75, 3.05) is 0 Å². The summed E-state index contributed by atoms with van der Waals surface area (Å²) >= 11 is 1.32. The van der Waals surface area contributed by atoms with Gasteiger partial charge in [0.25, 0.3) is 5.91 Å². The van der Waals surface area contributed by atoms with Crippen LogP contribution < -0.4 is 10.6 Å². The Morgan fingerprint density at radius 2 is 2.04 bits per heavy atom. The SMILES string of the molecule is Cc1nc(C)c2c(C)c(C(=O)NC(C)C(=O)NCc3ccco3)sc2n1. The number of carbonyl (C=O) groups is 2. The third-order valence-electron chi connectivity index (χ3n) is 4.05. The van der Waals surface area contributed by atoms with E-state index in [9.17, 15) is 9.59 Å². The number of carbonyl (C=O) groups excluding carboxylic acids is 2. The summed E-state index contributed by atoms with van der Waals surface area (Å²) < 4.78 is 5.17. The minimum atomic E-state index is -0.670. The summed E-state index contributed by atoms with van der Waals surface area (Å²) in [6.07, 6.45) is 1.55. The molecule has 0 saturated heterocycles. The quantitative estimate of drug-likeness (QED) is 0.718. The lowest BCUT2D eigenvalue weighted by Crippen LogP contribution is -2.44. The fourth-order valence-electron chi connectivity index (χ4n) is 2.76. The predicted octanol–water partition coefficient (Wildman–Crippen LogP) is 2.64. The molecule has 0 fully saturated rings. The summed E-state index contributed by atoms with van der Waals surface area (Å²) in [4.78, 5) is 34.9.